The minimum atomic E-state index is 0.102. The number of hydrogen-bond acceptors (Lipinski definition) is 1. The van der Waals surface area contributed by atoms with Crippen molar-refractivity contribution in [1.29, 1.82) is 0 Å². The Kier molecular flexibility index (Phi) is 2.43. The van der Waals surface area contributed by atoms with E-state index in [1.807, 2.05) is 12.1 Å². The summed E-state index contributed by atoms with van der Waals surface area (Å²) >= 11 is 0. The van der Waals surface area contributed by atoms with Crippen molar-refractivity contribution in [3.8, 4) is 0 Å². The summed E-state index contributed by atoms with van der Waals surface area (Å²) < 4.78 is 0. The third-order valence-corrected chi connectivity index (χ3v) is 4.06. The van der Waals surface area contributed by atoms with E-state index >= 15 is 0 Å². The number of benzene rings is 1. The molecule has 0 spiro atoms. The van der Waals surface area contributed by atoms with Gasteiger partial charge in [0.15, 0.2) is 0 Å². The lowest BCUT2D eigenvalue weighted by molar-refractivity contribution is 0.0934. The standard InChI is InChI=1S/C14H17NO/c16-14-12-8-4-3-7-11(12)13(9-15-14)10-5-1-2-6-10/h3-4,7-8,10,13H,1-2,5-6,9H2,(H,15,16). The smallest absolute Gasteiger partial charge is 0.251 e. The molecule has 0 bridgehead atoms. The largest absolute Gasteiger partial charge is 0.351 e. The molecule has 1 saturated carbocycles. The van der Waals surface area contributed by atoms with Crippen LogP contribution >= 0.6 is 0 Å². The Morgan fingerprint density at radius 3 is 2.69 bits per heavy atom. The van der Waals surface area contributed by atoms with Crippen molar-refractivity contribution in [2.75, 3.05) is 6.54 Å². The lowest BCUT2D eigenvalue weighted by Crippen LogP contribution is -2.37. The van der Waals surface area contributed by atoms with E-state index < -0.39 is 0 Å². The zero-order valence-corrected chi connectivity index (χ0v) is 9.41. The molecule has 1 amide bonds. The van der Waals surface area contributed by atoms with Crippen molar-refractivity contribution in [2.24, 2.45) is 5.92 Å². The van der Waals surface area contributed by atoms with Gasteiger partial charge in [0.05, 0.1) is 0 Å². The molecule has 1 aliphatic heterocycles. The van der Waals surface area contributed by atoms with Crippen LogP contribution in [0.5, 0.6) is 0 Å². The first-order valence-electron chi connectivity index (χ1n) is 6.23. The molecule has 84 valence electrons. The molecule has 1 atom stereocenters. The molecular weight excluding hydrogens is 198 g/mol. The molecular formula is C14H17NO. The highest BCUT2D eigenvalue weighted by molar-refractivity contribution is 5.97. The fourth-order valence-corrected chi connectivity index (χ4v) is 3.22. The van der Waals surface area contributed by atoms with Crippen LogP contribution in [0.15, 0.2) is 24.3 Å². The Hall–Kier alpha value is -1.31. The van der Waals surface area contributed by atoms with E-state index in [-0.39, 0.29) is 5.91 Å². The maximum Gasteiger partial charge on any atom is 0.251 e. The monoisotopic (exact) mass is 215 g/mol. The second kappa shape index (κ2) is 3.93. The van der Waals surface area contributed by atoms with Gasteiger partial charge in [-0.3, -0.25) is 4.79 Å². The van der Waals surface area contributed by atoms with Crippen LogP contribution in [-0.4, -0.2) is 12.5 Å². The Morgan fingerprint density at radius 1 is 1.12 bits per heavy atom. The molecule has 1 fully saturated rings. The summed E-state index contributed by atoms with van der Waals surface area (Å²) in [5.74, 6) is 1.43. The summed E-state index contributed by atoms with van der Waals surface area (Å²) in [6.45, 7) is 0.834. The Balaban J connectivity index is 1.97. The first kappa shape index (κ1) is 9.88. The number of carbonyl (C=O) groups excluding carboxylic acids is 1. The quantitative estimate of drug-likeness (QED) is 0.766. The van der Waals surface area contributed by atoms with Crippen molar-refractivity contribution in [1.82, 2.24) is 5.32 Å². The average molecular weight is 215 g/mol. The van der Waals surface area contributed by atoms with Crippen molar-refractivity contribution in [3.63, 3.8) is 0 Å². The summed E-state index contributed by atoms with van der Waals surface area (Å²) in [7, 11) is 0. The molecule has 2 aliphatic rings. The minimum Gasteiger partial charge on any atom is -0.351 e. The van der Waals surface area contributed by atoms with E-state index in [2.05, 4.69) is 17.4 Å². The number of amides is 1. The molecule has 3 rings (SSSR count). The summed E-state index contributed by atoms with van der Waals surface area (Å²) in [5.41, 5.74) is 2.17. The molecule has 1 aromatic rings. The molecule has 16 heavy (non-hydrogen) atoms. The van der Waals surface area contributed by atoms with Gasteiger partial charge in [-0.05, 0) is 30.4 Å². The minimum absolute atomic E-state index is 0.102. The fourth-order valence-electron chi connectivity index (χ4n) is 3.22. The van der Waals surface area contributed by atoms with Gasteiger partial charge in [-0.2, -0.15) is 0 Å². The number of carbonyl (C=O) groups is 1. The van der Waals surface area contributed by atoms with Crippen LogP contribution in [0.25, 0.3) is 0 Å². The molecule has 1 N–H and O–H groups in total. The molecule has 2 heteroatoms. The third-order valence-electron chi connectivity index (χ3n) is 4.06. The van der Waals surface area contributed by atoms with Gasteiger partial charge in [0.25, 0.3) is 5.91 Å². The molecule has 1 heterocycles. The van der Waals surface area contributed by atoms with Gasteiger partial charge in [-0.15, -0.1) is 0 Å². The molecule has 1 aromatic carbocycles. The Labute approximate surface area is 96.1 Å². The summed E-state index contributed by atoms with van der Waals surface area (Å²) in [4.78, 5) is 11.7. The van der Waals surface area contributed by atoms with Crippen LogP contribution in [0, 0.1) is 5.92 Å². The maximum absolute atomic E-state index is 11.7. The molecule has 1 aliphatic carbocycles. The Morgan fingerprint density at radius 2 is 1.88 bits per heavy atom. The van der Waals surface area contributed by atoms with E-state index in [0.29, 0.717) is 5.92 Å². The zero-order chi connectivity index (χ0) is 11.0. The van der Waals surface area contributed by atoms with Crippen LogP contribution in [-0.2, 0) is 0 Å². The van der Waals surface area contributed by atoms with Crippen molar-refractivity contribution >= 4 is 5.91 Å². The van der Waals surface area contributed by atoms with Crippen LogP contribution in [0.3, 0.4) is 0 Å². The highest BCUT2D eigenvalue weighted by Gasteiger charge is 2.32. The second-order valence-corrected chi connectivity index (χ2v) is 4.95. The maximum atomic E-state index is 11.7. The van der Waals surface area contributed by atoms with Crippen LogP contribution in [0.1, 0.15) is 47.5 Å². The van der Waals surface area contributed by atoms with Crippen molar-refractivity contribution in [3.05, 3.63) is 35.4 Å². The van der Waals surface area contributed by atoms with Gasteiger partial charge >= 0.3 is 0 Å². The van der Waals surface area contributed by atoms with Crippen LogP contribution in [0.2, 0.25) is 0 Å². The van der Waals surface area contributed by atoms with E-state index in [9.17, 15) is 4.79 Å². The number of rotatable bonds is 1. The number of hydrogen-bond donors (Lipinski definition) is 1. The fraction of sp³-hybridized carbons (Fsp3) is 0.500. The number of fused-ring (bicyclic) bond motifs is 1. The SMILES string of the molecule is O=C1NCC(C2CCCC2)c2ccccc21. The van der Waals surface area contributed by atoms with Crippen LogP contribution < -0.4 is 5.32 Å². The summed E-state index contributed by atoms with van der Waals surface area (Å²) in [5, 5.41) is 3.03. The van der Waals surface area contributed by atoms with Gasteiger partial charge in [0.1, 0.15) is 0 Å². The molecule has 1 unspecified atom stereocenters. The molecule has 2 nitrogen and oxygen atoms in total. The predicted molar refractivity (Wildman–Crippen MR) is 63.5 cm³/mol. The molecule has 0 saturated heterocycles. The first-order valence-corrected chi connectivity index (χ1v) is 6.23. The number of nitrogens with one attached hydrogen (secondary N) is 1. The lowest BCUT2D eigenvalue weighted by Gasteiger charge is -2.30. The Bertz CT molecular complexity index is 407. The molecule has 0 aromatic heterocycles. The lowest BCUT2D eigenvalue weighted by atomic mass is 9.80. The van der Waals surface area contributed by atoms with E-state index in [1.54, 1.807) is 0 Å². The normalized spacial score (nSPS) is 25.2. The summed E-state index contributed by atoms with van der Waals surface area (Å²) in [6, 6.07) is 8.09. The first-order chi connectivity index (χ1) is 7.86. The second-order valence-electron chi connectivity index (χ2n) is 4.95. The van der Waals surface area contributed by atoms with E-state index in [0.717, 1.165) is 18.0 Å². The summed E-state index contributed by atoms with van der Waals surface area (Å²) in [6.07, 6.45) is 5.37. The van der Waals surface area contributed by atoms with E-state index in [4.69, 9.17) is 0 Å². The predicted octanol–water partition coefficient (Wildman–Crippen LogP) is 2.70. The highest BCUT2D eigenvalue weighted by Crippen LogP contribution is 2.39. The highest BCUT2D eigenvalue weighted by atomic mass is 16.1. The van der Waals surface area contributed by atoms with Crippen LogP contribution in [0.4, 0.5) is 0 Å². The van der Waals surface area contributed by atoms with Gasteiger partial charge < -0.3 is 5.32 Å². The van der Waals surface area contributed by atoms with Gasteiger partial charge in [0.2, 0.25) is 0 Å². The van der Waals surface area contributed by atoms with Gasteiger partial charge in [-0.1, -0.05) is 31.0 Å². The zero-order valence-electron chi connectivity index (χ0n) is 9.41. The van der Waals surface area contributed by atoms with Crippen molar-refractivity contribution in [2.45, 2.75) is 31.6 Å². The third kappa shape index (κ3) is 1.53. The van der Waals surface area contributed by atoms with Crippen molar-refractivity contribution < 1.29 is 4.79 Å². The van der Waals surface area contributed by atoms with E-state index in [1.165, 1.54) is 31.2 Å². The average Bonchev–Trinajstić information content (AvgIpc) is 2.83. The topological polar surface area (TPSA) is 29.1 Å². The van der Waals surface area contributed by atoms with Gasteiger partial charge in [0, 0.05) is 18.0 Å². The molecule has 0 radical (unpaired) electrons. The van der Waals surface area contributed by atoms with Gasteiger partial charge in [-0.25, -0.2) is 0 Å².